The van der Waals surface area contributed by atoms with Gasteiger partial charge in [0.05, 0.1) is 10.5 Å². The molecular formula is C18H11Cl2F3N2O3S. The van der Waals surface area contributed by atoms with E-state index in [4.69, 9.17) is 27.9 Å². The predicted octanol–water partition coefficient (Wildman–Crippen LogP) is 6.00. The van der Waals surface area contributed by atoms with Crippen LogP contribution in [-0.2, 0) is 16.2 Å². The molecule has 0 radical (unpaired) electrons. The number of benzene rings is 2. The molecule has 0 amide bonds. The topological polar surface area (TPSA) is 68.3 Å². The van der Waals surface area contributed by atoms with Gasteiger partial charge < -0.3 is 4.74 Å². The first-order chi connectivity index (χ1) is 13.5. The van der Waals surface area contributed by atoms with Crippen LogP contribution in [0, 0.1) is 0 Å². The summed E-state index contributed by atoms with van der Waals surface area (Å²) < 4.78 is 70.5. The summed E-state index contributed by atoms with van der Waals surface area (Å²) in [7, 11) is -3.86. The van der Waals surface area contributed by atoms with E-state index in [1.165, 1.54) is 48.5 Å². The van der Waals surface area contributed by atoms with Gasteiger partial charge in [-0.05, 0) is 54.6 Å². The molecule has 0 bridgehead atoms. The Bertz CT molecular complexity index is 1120. The SMILES string of the molecule is O=S(=O)(Nc1ccc(Cl)cc1)c1ccc(Oc2ncc(C(F)(F)F)cc2Cl)cc1. The maximum absolute atomic E-state index is 12.6. The molecule has 0 atom stereocenters. The molecule has 1 aromatic heterocycles. The number of ether oxygens (including phenoxy) is 1. The van der Waals surface area contributed by atoms with Crippen LogP contribution in [0.15, 0.2) is 65.7 Å². The van der Waals surface area contributed by atoms with Crippen LogP contribution >= 0.6 is 23.2 Å². The van der Waals surface area contributed by atoms with Gasteiger partial charge in [0.25, 0.3) is 10.0 Å². The van der Waals surface area contributed by atoms with Crippen LogP contribution < -0.4 is 9.46 Å². The molecule has 0 saturated carbocycles. The molecule has 0 unspecified atom stereocenters. The summed E-state index contributed by atoms with van der Waals surface area (Å²) in [5.74, 6) is -0.0980. The Hall–Kier alpha value is -2.49. The highest BCUT2D eigenvalue weighted by Gasteiger charge is 2.31. The number of anilines is 1. The lowest BCUT2D eigenvalue weighted by Gasteiger charge is -2.11. The zero-order valence-electron chi connectivity index (χ0n) is 14.2. The molecule has 0 aliphatic rings. The second-order valence-electron chi connectivity index (χ2n) is 5.69. The van der Waals surface area contributed by atoms with Crippen molar-refractivity contribution in [2.75, 3.05) is 4.72 Å². The molecule has 29 heavy (non-hydrogen) atoms. The lowest BCUT2D eigenvalue weighted by molar-refractivity contribution is -0.137. The molecule has 3 aromatic rings. The minimum absolute atomic E-state index is 0.0497. The van der Waals surface area contributed by atoms with Crippen molar-refractivity contribution in [1.29, 1.82) is 0 Å². The highest BCUT2D eigenvalue weighted by Crippen LogP contribution is 2.34. The molecule has 5 nitrogen and oxygen atoms in total. The molecule has 0 spiro atoms. The van der Waals surface area contributed by atoms with Gasteiger partial charge in [0, 0.05) is 16.9 Å². The fourth-order valence-corrected chi connectivity index (χ4v) is 3.58. The van der Waals surface area contributed by atoms with Crippen LogP contribution in [0.2, 0.25) is 10.0 Å². The van der Waals surface area contributed by atoms with E-state index in [1.807, 2.05) is 0 Å². The van der Waals surface area contributed by atoms with Gasteiger partial charge in [0.2, 0.25) is 5.88 Å². The van der Waals surface area contributed by atoms with E-state index >= 15 is 0 Å². The number of aromatic nitrogens is 1. The minimum Gasteiger partial charge on any atom is -0.438 e. The second kappa shape index (κ2) is 8.10. The van der Waals surface area contributed by atoms with E-state index in [1.54, 1.807) is 0 Å². The molecule has 11 heteroatoms. The summed E-state index contributed by atoms with van der Waals surface area (Å²) in [5.41, 5.74) is -0.681. The third-order valence-electron chi connectivity index (χ3n) is 3.58. The number of halogens is 5. The van der Waals surface area contributed by atoms with Crippen molar-refractivity contribution in [3.8, 4) is 11.6 Å². The number of rotatable bonds is 5. The summed E-state index contributed by atoms with van der Waals surface area (Å²) in [6.07, 6.45) is -3.99. The van der Waals surface area contributed by atoms with Crippen LogP contribution in [0.4, 0.5) is 18.9 Å². The smallest absolute Gasteiger partial charge is 0.417 e. The van der Waals surface area contributed by atoms with Gasteiger partial charge in [-0.2, -0.15) is 13.2 Å². The van der Waals surface area contributed by atoms with Gasteiger partial charge in [-0.1, -0.05) is 23.2 Å². The monoisotopic (exact) mass is 462 g/mol. The van der Waals surface area contributed by atoms with Crippen LogP contribution in [-0.4, -0.2) is 13.4 Å². The first-order valence-electron chi connectivity index (χ1n) is 7.84. The molecule has 1 heterocycles. The number of nitrogens with one attached hydrogen (secondary N) is 1. The molecule has 0 aliphatic carbocycles. The van der Waals surface area contributed by atoms with Crippen molar-refractivity contribution in [2.45, 2.75) is 11.1 Å². The summed E-state index contributed by atoms with van der Waals surface area (Å²) in [4.78, 5) is 3.51. The average Bonchev–Trinajstić information content (AvgIpc) is 2.65. The maximum Gasteiger partial charge on any atom is 0.417 e. The largest absolute Gasteiger partial charge is 0.438 e. The molecule has 0 saturated heterocycles. The van der Waals surface area contributed by atoms with Gasteiger partial charge in [-0.25, -0.2) is 13.4 Å². The standard InChI is InChI=1S/C18H11Cl2F3N2O3S/c19-12-1-3-13(4-2-12)25-29(26,27)15-7-5-14(6-8-15)28-17-16(20)9-11(10-24-17)18(21,22)23/h1-10,25H. The number of alkyl halides is 3. The van der Waals surface area contributed by atoms with Crippen LogP contribution in [0.25, 0.3) is 0 Å². The average molecular weight is 463 g/mol. The molecule has 2 aromatic carbocycles. The quantitative estimate of drug-likeness (QED) is 0.504. The van der Waals surface area contributed by atoms with Crippen molar-refractivity contribution < 1.29 is 26.3 Å². The van der Waals surface area contributed by atoms with Crippen molar-refractivity contribution in [1.82, 2.24) is 4.98 Å². The molecule has 0 fully saturated rings. The van der Waals surface area contributed by atoms with Crippen LogP contribution in [0.5, 0.6) is 11.6 Å². The Kier molecular flexibility index (Phi) is 5.92. The third-order valence-corrected chi connectivity index (χ3v) is 5.50. The van der Waals surface area contributed by atoms with Crippen molar-refractivity contribution >= 4 is 38.9 Å². The Morgan fingerprint density at radius 1 is 0.966 bits per heavy atom. The molecular weight excluding hydrogens is 452 g/mol. The van der Waals surface area contributed by atoms with E-state index < -0.39 is 21.8 Å². The zero-order chi connectivity index (χ0) is 21.2. The zero-order valence-corrected chi connectivity index (χ0v) is 16.6. The Morgan fingerprint density at radius 2 is 1.59 bits per heavy atom. The van der Waals surface area contributed by atoms with E-state index in [0.717, 1.165) is 0 Å². The van der Waals surface area contributed by atoms with Gasteiger partial charge in [0.15, 0.2) is 0 Å². The number of hydrogen-bond acceptors (Lipinski definition) is 4. The van der Waals surface area contributed by atoms with E-state index in [0.29, 0.717) is 23.0 Å². The fourth-order valence-electron chi connectivity index (χ4n) is 2.19. The Balaban J connectivity index is 1.75. The lowest BCUT2D eigenvalue weighted by atomic mass is 10.3. The third kappa shape index (κ3) is 5.31. The Labute approximate surface area is 174 Å². The molecule has 152 valence electrons. The number of hydrogen-bond donors (Lipinski definition) is 1. The molecule has 1 N–H and O–H groups in total. The van der Waals surface area contributed by atoms with Gasteiger partial charge in [0.1, 0.15) is 10.8 Å². The summed E-state index contributed by atoms with van der Waals surface area (Å²) >= 11 is 11.6. The predicted molar refractivity (Wildman–Crippen MR) is 103 cm³/mol. The highest BCUT2D eigenvalue weighted by atomic mass is 35.5. The van der Waals surface area contributed by atoms with Gasteiger partial charge >= 0.3 is 6.18 Å². The summed E-state index contributed by atoms with van der Waals surface area (Å²) in [6, 6.07) is 12.0. The van der Waals surface area contributed by atoms with Gasteiger partial charge in [-0.15, -0.1) is 0 Å². The fraction of sp³-hybridized carbons (Fsp3) is 0.0556. The van der Waals surface area contributed by atoms with E-state index in [9.17, 15) is 21.6 Å². The maximum atomic E-state index is 12.6. The second-order valence-corrected chi connectivity index (χ2v) is 8.22. The normalized spacial score (nSPS) is 11.9. The minimum atomic E-state index is -4.58. The van der Waals surface area contributed by atoms with Crippen LogP contribution in [0.3, 0.4) is 0 Å². The van der Waals surface area contributed by atoms with Crippen LogP contribution in [0.1, 0.15) is 5.56 Å². The number of pyridine rings is 1. The number of sulfonamides is 1. The summed E-state index contributed by atoms with van der Waals surface area (Å²) in [5, 5.41) is 0.130. The van der Waals surface area contributed by atoms with Crippen molar-refractivity contribution in [3.63, 3.8) is 0 Å². The van der Waals surface area contributed by atoms with E-state index in [2.05, 4.69) is 9.71 Å². The lowest BCUT2D eigenvalue weighted by Crippen LogP contribution is -2.12. The van der Waals surface area contributed by atoms with Crippen molar-refractivity contribution in [2.24, 2.45) is 0 Å². The Morgan fingerprint density at radius 3 is 2.14 bits per heavy atom. The highest BCUT2D eigenvalue weighted by molar-refractivity contribution is 7.92. The first-order valence-corrected chi connectivity index (χ1v) is 10.1. The van der Waals surface area contributed by atoms with Crippen molar-refractivity contribution in [3.05, 3.63) is 76.4 Å². The summed E-state index contributed by atoms with van der Waals surface area (Å²) in [6.45, 7) is 0. The molecule has 0 aliphatic heterocycles. The molecule has 3 rings (SSSR count). The number of nitrogens with zero attached hydrogens (tertiary/aromatic N) is 1. The first kappa shape index (κ1) is 21.2. The van der Waals surface area contributed by atoms with Gasteiger partial charge in [-0.3, -0.25) is 4.72 Å². The van der Waals surface area contributed by atoms with E-state index in [-0.39, 0.29) is 21.5 Å².